The number of methoxy groups -OCH3 is 2. The van der Waals surface area contributed by atoms with E-state index < -0.39 is 11.6 Å². The van der Waals surface area contributed by atoms with Crippen molar-refractivity contribution < 1.29 is 27.8 Å². The maximum Gasteiger partial charge on any atom is 0.239 e. The van der Waals surface area contributed by atoms with Gasteiger partial charge in [0, 0.05) is 47.7 Å². The largest absolute Gasteiger partial charge is 0.494 e. The van der Waals surface area contributed by atoms with Crippen molar-refractivity contribution in [1.82, 2.24) is 9.97 Å². The predicted octanol–water partition coefficient (Wildman–Crippen LogP) is 7.19. The summed E-state index contributed by atoms with van der Waals surface area (Å²) in [4.78, 5) is 36.6. The molecule has 0 fully saturated rings. The van der Waals surface area contributed by atoms with Gasteiger partial charge in [0.2, 0.25) is 11.8 Å². The van der Waals surface area contributed by atoms with E-state index in [9.17, 15) is 18.4 Å². The molecule has 0 aliphatic carbocycles. The van der Waals surface area contributed by atoms with Crippen LogP contribution >= 0.6 is 35.6 Å². The van der Waals surface area contributed by atoms with Crippen LogP contribution in [-0.2, 0) is 22.4 Å². The monoisotopic (exact) mass is 726 g/mol. The number of anilines is 3. The van der Waals surface area contributed by atoms with Crippen LogP contribution in [0.4, 0.5) is 31.5 Å². The quantitative estimate of drug-likeness (QED) is 0.134. The van der Waals surface area contributed by atoms with E-state index in [0.717, 1.165) is 44.8 Å². The van der Waals surface area contributed by atoms with Crippen LogP contribution in [0.3, 0.4) is 0 Å². The van der Waals surface area contributed by atoms with Crippen LogP contribution in [-0.4, -0.2) is 57.7 Å². The van der Waals surface area contributed by atoms with Gasteiger partial charge in [0.15, 0.2) is 23.1 Å². The maximum absolute atomic E-state index is 13.6. The lowest BCUT2D eigenvalue weighted by atomic mass is 10.2. The van der Waals surface area contributed by atoms with E-state index in [1.807, 2.05) is 26.1 Å². The number of halogens is 3. The number of alkyl halides is 1. The smallest absolute Gasteiger partial charge is 0.239 e. The van der Waals surface area contributed by atoms with E-state index in [2.05, 4.69) is 37.0 Å². The Morgan fingerprint density at radius 2 is 1.45 bits per heavy atom. The molecule has 2 aromatic carbocycles. The molecule has 4 aromatic rings. The zero-order valence-corrected chi connectivity index (χ0v) is 29.4. The van der Waals surface area contributed by atoms with Gasteiger partial charge in [-0.25, -0.2) is 13.8 Å². The van der Waals surface area contributed by atoms with Gasteiger partial charge in [0.25, 0.3) is 0 Å². The summed E-state index contributed by atoms with van der Waals surface area (Å²) in [6.45, 7) is 3.93. The Morgan fingerprint density at radius 1 is 0.878 bits per heavy atom. The summed E-state index contributed by atoms with van der Waals surface area (Å²) in [7, 11) is 2.76. The van der Waals surface area contributed by atoms with E-state index in [-0.39, 0.29) is 34.9 Å². The van der Waals surface area contributed by atoms with E-state index in [1.54, 1.807) is 12.3 Å². The van der Waals surface area contributed by atoms with Gasteiger partial charge >= 0.3 is 0 Å². The molecule has 0 saturated carbocycles. The standard InChI is InChI=1S/C17H16FN3O2S.C9H9ClFNO2.C8H8N2S/c1-10-5-11-6-17(21-14(11)8-19-10)24-9-16(22)20-12-3-4-15(23-2)13(18)7-12;1-14-8-3-2-6(4-7(8)11)12-9(13)5-10;1-5-2-6-3-8(11)10-7(6)4-9-5/h3-5,7-8H,6,9H2,1-2H3,(H,20,22);2-4H,5H2,1H3,(H,12,13);2,4H,3H2,1H3,(H,10,11). The normalized spacial score (nSPS) is 12.1. The van der Waals surface area contributed by atoms with Crippen LogP contribution < -0.4 is 25.4 Å². The highest BCUT2D eigenvalue weighted by Gasteiger charge is 2.17. The van der Waals surface area contributed by atoms with Crippen molar-refractivity contribution >= 4 is 80.2 Å². The molecule has 0 bridgehead atoms. The van der Waals surface area contributed by atoms with Gasteiger partial charge in [0.05, 0.1) is 53.8 Å². The molecule has 4 heterocycles. The van der Waals surface area contributed by atoms with E-state index >= 15 is 0 Å². The van der Waals surface area contributed by atoms with E-state index in [4.69, 9.17) is 33.3 Å². The average Bonchev–Trinajstić information content (AvgIpc) is 3.65. The first-order valence-electron chi connectivity index (χ1n) is 14.7. The van der Waals surface area contributed by atoms with Crippen LogP contribution in [0.5, 0.6) is 11.5 Å². The number of nitrogens with zero attached hydrogens (tertiary/aromatic N) is 3. The number of rotatable bonds is 7. The molecule has 6 rings (SSSR count). The number of ether oxygens (including phenoxy) is 2. The number of carbonyl (C=O) groups excluding carboxylic acids is 2. The Balaban J connectivity index is 0.000000183. The van der Waals surface area contributed by atoms with Crippen molar-refractivity contribution in [3.63, 3.8) is 0 Å². The summed E-state index contributed by atoms with van der Waals surface area (Å²) in [5, 5.41) is 9.06. The van der Waals surface area contributed by atoms with Gasteiger partial charge in [-0.05, 0) is 61.4 Å². The second-order valence-corrected chi connectivity index (χ2v) is 12.4. The summed E-state index contributed by atoms with van der Waals surface area (Å²) in [5.41, 5.74) is 7.08. The zero-order valence-electron chi connectivity index (χ0n) is 27.0. The number of benzene rings is 2. The van der Waals surface area contributed by atoms with Gasteiger partial charge in [-0.2, -0.15) is 0 Å². The number of carbonyl (C=O) groups is 2. The number of fused-ring (bicyclic) bond motifs is 2. The van der Waals surface area contributed by atoms with Crippen molar-refractivity contribution in [2.24, 2.45) is 4.99 Å². The van der Waals surface area contributed by atoms with Crippen molar-refractivity contribution in [3.05, 3.63) is 95.1 Å². The predicted molar refractivity (Wildman–Crippen MR) is 195 cm³/mol. The highest BCUT2D eigenvalue weighted by Crippen LogP contribution is 2.30. The Labute approximate surface area is 297 Å². The summed E-state index contributed by atoms with van der Waals surface area (Å²) in [6, 6.07) is 12.5. The van der Waals surface area contributed by atoms with Crippen LogP contribution in [0.2, 0.25) is 0 Å². The van der Waals surface area contributed by atoms with Gasteiger partial charge in [-0.3, -0.25) is 19.6 Å². The first-order chi connectivity index (χ1) is 23.5. The van der Waals surface area contributed by atoms with E-state index in [1.165, 1.54) is 61.9 Å². The molecule has 0 spiro atoms. The molecule has 2 aromatic heterocycles. The van der Waals surface area contributed by atoms with Crippen molar-refractivity contribution in [3.8, 4) is 11.5 Å². The summed E-state index contributed by atoms with van der Waals surface area (Å²) >= 11 is 11.7. The minimum absolute atomic E-state index is 0.133. The SMILES string of the molecule is COc1ccc(NC(=O)CCl)cc1F.COc1ccc(NC(=O)CSC2=Nc3cnc(C)cc3C2)cc1F.Cc1cc2c(cn1)NC(=S)C2. The Hall–Kier alpha value is -4.66. The molecule has 10 nitrogen and oxygen atoms in total. The molecular formula is C34H33ClF2N6O4S2. The average molecular weight is 727 g/mol. The fraction of sp³-hybridized carbons (Fsp3) is 0.235. The highest BCUT2D eigenvalue weighted by molar-refractivity contribution is 8.14. The summed E-state index contributed by atoms with van der Waals surface area (Å²) in [5.74, 6) is -1.30. The number of amides is 2. The van der Waals surface area contributed by atoms with Gasteiger partial charge in [-0.1, -0.05) is 12.2 Å². The van der Waals surface area contributed by atoms with Crippen LogP contribution in [0, 0.1) is 25.5 Å². The fourth-order valence-electron chi connectivity index (χ4n) is 4.54. The number of thiocarbonyl (C=S) groups is 1. The van der Waals surface area contributed by atoms with Crippen LogP contribution in [0.25, 0.3) is 0 Å². The number of aryl methyl sites for hydroxylation is 2. The topological polar surface area (TPSA) is 127 Å². The number of aliphatic imine (C=N–C) groups is 1. The molecule has 0 saturated heterocycles. The van der Waals surface area contributed by atoms with Crippen LogP contribution in [0.1, 0.15) is 22.5 Å². The zero-order chi connectivity index (χ0) is 35.5. The molecule has 15 heteroatoms. The van der Waals surface area contributed by atoms with Gasteiger partial charge in [0.1, 0.15) is 5.88 Å². The third kappa shape index (κ3) is 10.9. The number of aromatic nitrogens is 2. The maximum atomic E-state index is 13.6. The molecule has 3 N–H and O–H groups in total. The minimum atomic E-state index is -0.528. The number of thioether (sulfide) groups is 1. The molecular weight excluding hydrogens is 694 g/mol. The third-order valence-electron chi connectivity index (χ3n) is 6.80. The molecule has 0 atom stereocenters. The Kier molecular flexibility index (Phi) is 13.4. The number of hydrogen-bond donors (Lipinski definition) is 3. The van der Waals surface area contributed by atoms with E-state index in [0.29, 0.717) is 17.8 Å². The molecule has 2 amide bonds. The molecule has 2 aliphatic rings. The number of hydrogen-bond acceptors (Lipinski definition) is 9. The van der Waals surface area contributed by atoms with Crippen LogP contribution in [0.15, 0.2) is 65.9 Å². The molecule has 0 radical (unpaired) electrons. The van der Waals surface area contributed by atoms with Crippen molar-refractivity contribution in [2.75, 3.05) is 41.8 Å². The fourth-order valence-corrected chi connectivity index (χ4v) is 5.67. The summed E-state index contributed by atoms with van der Waals surface area (Å²) < 4.78 is 36.3. The lowest BCUT2D eigenvalue weighted by Gasteiger charge is -2.07. The minimum Gasteiger partial charge on any atom is -0.494 e. The molecule has 0 unspecified atom stereocenters. The molecule has 2 aliphatic heterocycles. The highest BCUT2D eigenvalue weighted by atomic mass is 35.5. The van der Waals surface area contributed by atoms with Crippen molar-refractivity contribution in [2.45, 2.75) is 26.7 Å². The van der Waals surface area contributed by atoms with Gasteiger partial charge in [-0.15, -0.1) is 23.4 Å². The lowest BCUT2D eigenvalue weighted by Crippen LogP contribution is -2.15. The Morgan fingerprint density at radius 3 is 2.02 bits per heavy atom. The number of pyridine rings is 2. The lowest BCUT2D eigenvalue weighted by molar-refractivity contribution is -0.114. The summed E-state index contributed by atoms with van der Waals surface area (Å²) in [6.07, 6.45) is 5.17. The Bertz CT molecular complexity index is 1900. The molecule has 256 valence electrons. The second kappa shape index (κ2) is 17.7. The first kappa shape index (κ1) is 37.2. The first-order valence-corrected chi connectivity index (χ1v) is 16.6. The second-order valence-electron chi connectivity index (χ2n) is 10.6. The number of nitrogens with one attached hydrogen (secondary N) is 3. The van der Waals surface area contributed by atoms with Gasteiger partial charge < -0.3 is 25.4 Å². The van der Waals surface area contributed by atoms with Crippen molar-refractivity contribution in [1.29, 1.82) is 0 Å². The molecule has 49 heavy (non-hydrogen) atoms. The third-order valence-corrected chi connectivity index (χ3v) is 8.27.